The van der Waals surface area contributed by atoms with Crippen molar-refractivity contribution in [3.8, 4) is 11.5 Å². The molecule has 1 atom stereocenters. The Labute approximate surface area is 226 Å². The number of para-hydroxylation sites is 2. The largest absolute Gasteiger partial charge is 0.494 e. The van der Waals surface area contributed by atoms with E-state index in [0.29, 0.717) is 25.5 Å². The van der Waals surface area contributed by atoms with Gasteiger partial charge in [-0.05, 0) is 79.6 Å². The minimum atomic E-state index is -0.138. The summed E-state index contributed by atoms with van der Waals surface area (Å²) >= 11 is 0. The van der Waals surface area contributed by atoms with E-state index in [1.807, 2.05) is 50.2 Å². The SMILES string of the molecule is CCC(C)c1ccc(OCCCn2c(CCNC(=O)COc3cc(C)ccc3C)nc3ccccc32)cc1. The first-order valence-electron chi connectivity index (χ1n) is 13.6. The highest BCUT2D eigenvalue weighted by atomic mass is 16.5. The Morgan fingerprint density at radius 1 is 1.03 bits per heavy atom. The van der Waals surface area contributed by atoms with Crippen LogP contribution in [-0.2, 0) is 17.8 Å². The standard InChI is InChI=1S/C32H39N3O3/c1-5-24(3)26-13-15-27(16-14-26)37-20-8-19-35-29-10-7-6-9-28(29)34-31(35)17-18-33-32(36)22-38-30-21-23(2)11-12-25(30)4/h6-7,9-16,21,24H,5,8,17-20,22H2,1-4H3,(H,33,36). The number of ether oxygens (including phenoxy) is 2. The molecule has 0 bridgehead atoms. The molecule has 6 heteroatoms. The summed E-state index contributed by atoms with van der Waals surface area (Å²) in [5.74, 6) is 3.03. The number of aromatic nitrogens is 2. The number of imidazole rings is 1. The van der Waals surface area contributed by atoms with Crippen molar-refractivity contribution in [3.05, 3.63) is 89.2 Å². The maximum Gasteiger partial charge on any atom is 0.257 e. The van der Waals surface area contributed by atoms with Crippen LogP contribution in [0.15, 0.2) is 66.7 Å². The molecule has 3 aromatic carbocycles. The van der Waals surface area contributed by atoms with Crippen molar-refractivity contribution in [1.82, 2.24) is 14.9 Å². The molecule has 1 aromatic heterocycles. The van der Waals surface area contributed by atoms with Crippen molar-refractivity contribution in [2.45, 2.75) is 59.4 Å². The van der Waals surface area contributed by atoms with E-state index < -0.39 is 0 Å². The molecule has 4 rings (SSSR count). The Hall–Kier alpha value is -3.80. The number of amides is 1. The van der Waals surface area contributed by atoms with Crippen molar-refractivity contribution in [1.29, 1.82) is 0 Å². The van der Waals surface area contributed by atoms with E-state index in [1.165, 1.54) is 5.56 Å². The second-order valence-electron chi connectivity index (χ2n) is 9.91. The van der Waals surface area contributed by atoms with E-state index in [0.717, 1.165) is 58.9 Å². The van der Waals surface area contributed by atoms with Gasteiger partial charge >= 0.3 is 0 Å². The molecular formula is C32H39N3O3. The molecule has 200 valence electrons. The summed E-state index contributed by atoms with van der Waals surface area (Å²) in [6, 6.07) is 22.6. The summed E-state index contributed by atoms with van der Waals surface area (Å²) < 4.78 is 14.0. The van der Waals surface area contributed by atoms with E-state index in [-0.39, 0.29) is 12.5 Å². The molecule has 0 aliphatic rings. The van der Waals surface area contributed by atoms with Crippen molar-refractivity contribution in [2.75, 3.05) is 19.8 Å². The van der Waals surface area contributed by atoms with Crippen LogP contribution >= 0.6 is 0 Å². The smallest absolute Gasteiger partial charge is 0.257 e. The molecule has 38 heavy (non-hydrogen) atoms. The fourth-order valence-electron chi connectivity index (χ4n) is 4.48. The first-order valence-corrected chi connectivity index (χ1v) is 13.6. The number of nitrogens with zero attached hydrogens (tertiary/aromatic N) is 2. The van der Waals surface area contributed by atoms with Crippen LogP contribution in [-0.4, -0.2) is 35.2 Å². The molecule has 1 N–H and O–H groups in total. The topological polar surface area (TPSA) is 65.4 Å². The summed E-state index contributed by atoms with van der Waals surface area (Å²) in [6.07, 6.45) is 2.63. The van der Waals surface area contributed by atoms with Gasteiger partial charge in [0, 0.05) is 19.5 Å². The number of carbonyl (C=O) groups is 1. The van der Waals surface area contributed by atoms with Crippen LogP contribution in [0.4, 0.5) is 0 Å². The fourth-order valence-corrected chi connectivity index (χ4v) is 4.48. The third-order valence-corrected chi connectivity index (χ3v) is 6.96. The summed E-state index contributed by atoms with van der Waals surface area (Å²) in [5, 5.41) is 2.97. The Bertz CT molecular complexity index is 1340. The first-order chi connectivity index (χ1) is 18.4. The van der Waals surface area contributed by atoms with Crippen LogP contribution in [0.3, 0.4) is 0 Å². The van der Waals surface area contributed by atoms with Crippen molar-refractivity contribution in [3.63, 3.8) is 0 Å². The second-order valence-corrected chi connectivity index (χ2v) is 9.91. The Morgan fingerprint density at radius 3 is 2.61 bits per heavy atom. The lowest BCUT2D eigenvalue weighted by molar-refractivity contribution is -0.123. The molecule has 1 heterocycles. The fraction of sp³-hybridized carbons (Fsp3) is 0.375. The highest BCUT2D eigenvalue weighted by Gasteiger charge is 2.12. The average Bonchev–Trinajstić information content (AvgIpc) is 3.28. The normalized spacial score (nSPS) is 11.9. The zero-order valence-corrected chi connectivity index (χ0v) is 23.0. The molecule has 0 saturated heterocycles. The maximum atomic E-state index is 12.4. The van der Waals surface area contributed by atoms with E-state index >= 15 is 0 Å². The molecular weight excluding hydrogens is 474 g/mol. The molecule has 0 fully saturated rings. The molecule has 0 aliphatic heterocycles. The van der Waals surface area contributed by atoms with Gasteiger partial charge in [-0.2, -0.15) is 0 Å². The molecule has 0 radical (unpaired) electrons. The zero-order chi connectivity index (χ0) is 26.9. The third-order valence-electron chi connectivity index (χ3n) is 6.96. The lowest BCUT2D eigenvalue weighted by Crippen LogP contribution is -2.31. The summed E-state index contributed by atoms with van der Waals surface area (Å²) in [6.45, 7) is 10.4. The maximum absolute atomic E-state index is 12.4. The minimum Gasteiger partial charge on any atom is -0.494 e. The van der Waals surface area contributed by atoms with Gasteiger partial charge in [0.15, 0.2) is 6.61 Å². The van der Waals surface area contributed by atoms with Crippen LogP contribution in [0.5, 0.6) is 11.5 Å². The number of fused-ring (bicyclic) bond motifs is 1. The predicted octanol–water partition coefficient (Wildman–Crippen LogP) is 6.37. The van der Waals surface area contributed by atoms with Gasteiger partial charge in [-0.15, -0.1) is 0 Å². The van der Waals surface area contributed by atoms with Gasteiger partial charge in [-0.25, -0.2) is 4.98 Å². The van der Waals surface area contributed by atoms with Crippen LogP contribution in [0.2, 0.25) is 0 Å². The number of rotatable bonds is 13. The average molecular weight is 514 g/mol. The lowest BCUT2D eigenvalue weighted by Gasteiger charge is -2.13. The minimum absolute atomic E-state index is 0.00359. The van der Waals surface area contributed by atoms with Crippen LogP contribution in [0.25, 0.3) is 11.0 Å². The number of benzene rings is 3. The Kier molecular flexibility index (Phi) is 9.41. The first kappa shape index (κ1) is 27.2. The van der Waals surface area contributed by atoms with Crippen LogP contribution < -0.4 is 14.8 Å². The van der Waals surface area contributed by atoms with Crippen LogP contribution in [0, 0.1) is 13.8 Å². The van der Waals surface area contributed by atoms with Gasteiger partial charge in [-0.1, -0.05) is 50.2 Å². The van der Waals surface area contributed by atoms with Gasteiger partial charge in [-0.3, -0.25) is 4.79 Å². The molecule has 4 aromatic rings. The number of hydrogen-bond acceptors (Lipinski definition) is 4. The van der Waals surface area contributed by atoms with Gasteiger partial charge < -0.3 is 19.4 Å². The van der Waals surface area contributed by atoms with E-state index in [4.69, 9.17) is 14.5 Å². The number of carbonyl (C=O) groups excluding carboxylic acids is 1. The highest BCUT2D eigenvalue weighted by Crippen LogP contribution is 2.22. The number of nitrogens with one attached hydrogen (secondary N) is 1. The van der Waals surface area contributed by atoms with E-state index in [2.05, 4.69) is 54.1 Å². The molecule has 1 unspecified atom stereocenters. The second kappa shape index (κ2) is 13.1. The molecule has 6 nitrogen and oxygen atoms in total. The monoisotopic (exact) mass is 513 g/mol. The summed E-state index contributed by atoms with van der Waals surface area (Å²) in [4.78, 5) is 17.2. The van der Waals surface area contributed by atoms with E-state index in [1.54, 1.807) is 0 Å². The highest BCUT2D eigenvalue weighted by molar-refractivity contribution is 5.78. The van der Waals surface area contributed by atoms with Gasteiger partial charge in [0.05, 0.1) is 17.6 Å². The van der Waals surface area contributed by atoms with Gasteiger partial charge in [0.2, 0.25) is 0 Å². The summed E-state index contributed by atoms with van der Waals surface area (Å²) in [5.41, 5.74) is 5.54. The van der Waals surface area contributed by atoms with E-state index in [9.17, 15) is 4.79 Å². The Balaban J connectivity index is 1.29. The molecule has 0 saturated carbocycles. The molecule has 0 aliphatic carbocycles. The Morgan fingerprint density at radius 2 is 1.82 bits per heavy atom. The number of aryl methyl sites for hydroxylation is 3. The van der Waals surface area contributed by atoms with Gasteiger partial charge in [0.25, 0.3) is 5.91 Å². The molecule has 1 amide bonds. The number of hydrogen-bond donors (Lipinski definition) is 1. The lowest BCUT2D eigenvalue weighted by atomic mass is 9.99. The van der Waals surface area contributed by atoms with Crippen molar-refractivity contribution in [2.24, 2.45) is 0 Å². The molecule has 0 spiro atoms. The third kappa shape index (κ3) is 7.15. The van der Waals surface area contributed by atoms with Crippen molar-refractivity contribution >= 4 is 16.9 Å². The quantitative estimate of drug-likeness (QED) is 0.211. The zero-order valence-electron chi connectivity index (χ0n) is 23.0. The van der Waals surface area contributed by atoms with Gasteiger partial charge in [0.1, 0.15) is 17.3 Å². The van der Waals surface area contributed by atoms with Crippen molar-refractivity contribution < 1.29 is 14.3 Å². The predicted molar refractivity (Wildman–Crippen MR) is 153 cm³/mol. The van der Waals surface area contributed by atoms with Crippen LogP contribution in [0.1, 0.15) is 55.1 Å². The summed E-state index contributed by atoms with van der Waals surface area (Å²) in [7, 11) is 0.